The minimum absolute atomic E-state index is 0.0134. The van der Waals surface area contributed by atoms with Gasteiger partial charge in [-0.1, -0.05) is 6.92 Å². The first kappa shape index (κ1) is 11.0. The normalized spacial score (nSPS) is 21.4. The summed E-state index contributed by atoms with van der Waals surface area (Å²) < 4.78 is 0. The Bertz CT molecular complexity index is 228. The second kappa shape index (κ2) is 4.98. The fourth-order valence-corrected chi connectivity index (χ4v) is 1.75. The zero-order valence-corrected chi connectivity index (χ0v) is 8.88. The van der Waals surface area contributed by atoms with Crippen LogP contribution in [0, 0.1) is 5.92 Å². The second-order valence-corrected chi connectivity index (χ2v) is 3.64. The van der Waals surface area contributed by atoms with Gasteiger partial charge in [-0.2, -0.15) is 0 Å². The summed E-state index contributed by atoms with van der Waals surface area (Å²) >= 11 is 0. The highest BCUT2D eigenvalue weighted by Gasteiger charge is 2.33. The lowest BCUT2D eigenvalue weighted by Crippen LogP contribution is -2.32. The van der Waals surface area contributed by atoms with E-state index in [1.807, 2.05) is 13.8 Å². The zero-order valence-electron chi connectivity index (χ0n) is 8.88. The molecule has 14 heavy (non-hydrogen) atoms. The van der Waals surface area contributed by atoms with E-state index in [4.69, 9.17) is 0 Å². The number of likely N-dealkylation sites (tertiary alicyclic amines) is 1. The topological polar surface area (TPSA) is 49.4 Å². The lowest BCUT2D eigenvalue weighted by Gasteiger charge is -2.14. The Balaban J connectivity index is 2.45. The molecule has 0 saturated carbocycles. The highest BCUT2D eigenvalue weighted by molar-refractivity contribution is 5.89. The maximum atomic E-state index is 11.5. The van der Waals surface area contributed by atoms with Crippen molar-refractivity contribution in [2.75, 3.05) is 19.6 Å². The monoisotopic (exact) mass is 198 g/mol. The number of hydrogen-bond donors (Lipinski definition) is 1. The molecule has 0 aromatic carbocycles. The molecule has 1 saturated heterocycles. The molecule has 0 spiro atoms. The van der Waals surface area contributed by atoms with Crippen molar-refractivity contribution in [3.05, 3.63) is 0 Å². The van der Waals surface area contributed by atoms with Gasteiger partial charge in [0, 0.05) is 26.1 Å². The van der Waals surface area contributed by atoms with Crippen LogP contribution in [-0.2, 0) is 9.59 Å². The van der Waals surface area contributed by atoms with Crippen LogP contribution in [0.1, 0.15) is 26.7 Å². The molecule has 4 nitrogen and oxygen atoms in total. The van der Waals surface area contributed by atoms with Crippen molar-refractivity contribution < 1.29 is 9.59 Å². The molecule has 1 atom stereocenters. The Kier molecular flexibility index (Phi) is 3.92. The van der Waals surface area contributed by atoms with Gasteiger partial charge in [0.15, 0.2) is 0 Å². The van der Waals surface area contributed by atoms with E-state index < -0.39 is 0 Å². The van der Waals surface area contributed by atoms with Crippen molar-refractivity contribution in [2.45, 2.75) is 26.7 Å². The minimum Gasteiger partial charge on any atom is -0.356 e. The predicted molar refractivity (Wildman–Crippen MR) is 53.7 cm³/mol. The number of amides is 2. The molecule has 2 amide bonds. The Hall–Kier alpha value is -1.06. The summed E-state index contributed by atoms with van der Waals surface area (Å²) in [6, 6.07) is 0. The van der Waals surface area contributed by atoms with Crippen LogP contribution in [0.15, 0.2) is 0 Å². The lowest BCUT2D eigenvalue weighted by molar-refractivity contribution is -0.129. The SMILES string of the molecule is CCCN1CC(C(=O)NCC)CC1=O. The van der Waals surface area contributed by atoms with Crippen LogP contribution in [0.3, 0.4) is 0 Å². The molecule has 0 bridgehead atoms. The molecular weight excluding hydrogens is 180 g/mol. The van der Waals surface area contributed by atoms with E-state index in [0.717, 1.165) is 13.0 Å². The largest absolute Gasteiger partial charge is 0.356 e. The van der Waals surface area contributed by atoms with Crippen LogP contribution >= 0.6 is 0 Å². The number of carbonyl (C=O) groups excluding carboxylic acids is 2. The Morgan fingerprint density at radius 2 is 2.29 bits per heavy atom. The summed E-state index contributed by atoms with van der Waals surface area (Å²) in [6.07, 6.45) is 1.33. The molecule has 0 radical (unpaired) electrons. The van der Waals surface area contributed by atoms with Crippen molar-refractivity contribution in [3.8, 4) is 0 Å². The van der Waals surface area contributed by atoms with Crippen LogP contribution in [0.5, 0.6) is 0 Å². The zero-order chi connectivity index (χ0) is 10.6. The van der Waals surface area contributed by atoms with E-state index in [1.54, 1.807) is 4.90 Å². The van der Waals surface area contributed by atoms with Crippen LogP contribution in [0.2, 0.25) is 0 Å². The fraction of sp³-hybridized carbons (Fsp3) is 0.800. The highest BCUT2D eigenvalue weighted by atomic mass is 16.2. The summed E-state index contributed by atoms with van der Waals surface area (Å²) in [4.78, 5) is 24.7. The maximum absolute atomic E-state index is 11.5. The van der Waals surface area contributed by atoms with E-state index in [-0.39, 0.29) is 17.7 Å². The quantitative estimate of drug-likeness (QED) is 0.710. The van der Waals surface area contributed by atoms with Gasteiger partial charge in [0.1, 0.15) is 0 Å². The second-order valence-electron chi connectivity index (χ2n) is 3.64. The summed E-state index contributed by atoms with van der Waals surface area (Å²) in [6.45, 7) is 5.93. The van der Waals surface area contributed by atoms with E-state index in [0.29, 0.717) is 19.5 Å². The van der Waals surface area contributed by atoms with Gasteiger partial charge in [-0.15, -0.1) is 0 Å². The van der Waals surface area contributed by atoms with Gasteiger partial charge >= 0.3 is 0 Å². The first-order valence-corrected chi connectivity index (χ1v) is 5.24. The Morgan fingerprint density at radius 3 is 2.86 bits per heavy atom. The molecule has 0 aromatic rings. The van der Waals surface area contributed by atoms with Gasteiger partial charge in [0.2, 0.25) is 11.8 Å². The number of hydrogen-bond acceptors (Lipinski definition) is 2. The third-order valence-electron chi connectivity index (χ3n) is 2.43. The van der Waals surface area contributed by atoms with Crippen LogP contribution in [0.25, 0.3) is 0 Å². The molecule has 1 fully saturated rings. The van der Waals surface area contributed by atoms with Gasteiger partial charge in [-0.25, -0.2) is 0 Å². The Morgan fingerprint density at radius 1 is 1.57 bits per heavy atom. The average molecular weight is 198 g/mol. The molecule has 1 aliphatic heterocycles. The van der Waals surface area contributed by atoms with Crippen molar-refractivity contribution in [2.24, 2.45) is 5.92 Å². The molecule has 0 aliphatic carbocycles. The smallest absolute Gasteiger partial charge is 0.225 e. The minimum atomic E-state index is -0.131. The molecule has 1 unspecified atom stereocenters. The molecular formula is C10H18N2O2. The van der Waals surface area contributed by atoms with Gasteiger partial charge in [-0.05, 0) is 13.3 Å². The van der Waals surface area contributed by atoms with Crippen LogP contribution in [-0.4, -0.2) is 36.3 Å². The number of nitrogens with zero attached hydrogens (tertiary/aromatic N) is 1. The van der Waals surface area contributed by atoms with Crippen LogP contribution in [0.4, 0.5) is 0 Å². The highest BCUT2D eigenvalue weighted by Crippen LogP contribution is 2.17. The summed E-state index contributed by atoms with van der Waals surface area (Å²) in [5.41, 5.74) is 0. The third kappa shape index (κ3) is 2.47. The van der Waals surface area contributed by atoms with E-state index in [2.05, 4.69) is 5.32 Å². The number of rotatable bonds is 4. The van der Waals surface area contributed by atoms with Crippen molar-refractivity contribution in [1.82, 2.24) is 10.2 Å². The third-order valence-corrected chi connectivity index (χ3v) is 2.43. The number of nitrogens with one attached hydrogen (secondary N) is 1. The summed E-state index contributed by atoms with van der Waals surface area (Å²) in [5, 5.41) is 2.75. The standard InChI is InChI=1S/C10H18N2O2/c1-3-5-12-7-8(6-9(12)13)10(14)11-4-2/h8H,3-7H2,1-2H3,(H,11,14). The molecule has 80 valence electrons. The molecule has 1 heterocycles. The van der Waals surface area contributed by atoms with Crippen molar-refractivity contribution in [1.29, 1.82) is 0 Å². The van der Waals surface area contributed by atoms with Gasteiger partial charge < -0.3 is 10.2 Å². The molecule has 0 aromatic heterocycles. The van der Waals surface area contributed by atoms with E-state index >= 15 is 0 Å². The predicted octanol–water partition coefficient (Wildman–Crippen LogP) is 0.381. The molecule has 1 rings (SSSR count). The molecule has 4 heteroatoms. The van der Waals surface area contributed by atoms with Gasteiger partial charge in [0.25, 0.3) is 0 Å². The maximum Gasteiger partial charge on any atom is 0.225 e. The van der Waals surface area contributed by atoms with E-state index in [1.165, 1.54) is 0 Å². The van der Waals surface area contributed by atoms with E-state index in [9.17, 15) is 9.59 Å². The van der Waals surface area contributed by atoms with Gasteiger partial charge in [-0.3, -0.25) is 9.59 Å². The fourth-order valence-electron chi connectivity index (χ4n) is 1.75. The van der Waals surface area contributed by atoms with Gasteiger partial charge in [0.05, 0.1) is 5.92 Å². The van der Waals surface area contributed by atoms with Crippen molar-refractivity contribution in [3.63, 3.8) is 0 Å². The summed E-state index contributed by atoms with van der Waals surface area (Å²) in [7, 11) is 0. The Labute approximate surface area is 84.7 Å². The van der Waals surface area contributed by atoms with Crippen molar-refractivity contribution >= 4 is 11.8 Å². The van der Waals surface area contributed by atoms with Crippen LogP contribution < -0.4 is 5.32 Å². The average Bonchev–Trinajstić information content (AvgIpc) is 2.49. The number of carbonyl (C=O) groups is 2. The first-order valence-electron chi connectivity index (χ1n) is 5.24. The lowest BCUT2D eigenvalue weighted by atomic mass is 10.1. The molecule has 1 aliphatic rings. The molecule has 1 N–H and O–H groups in total. The first-order chi connectivity index (χ1) is 6.69. The summed E-state index contributed by atoms with van der Waals surface area (Å²) in [5.74, 6) is -0.00319.